The van der Waals surface area contributed by atoms with Crippen LogP contribution in [0.1, 0.15) is 29.3 Å². The molecule has 0 radical (unpaired) electrons. The van der Waals surface area contributed by atoms with Gasteiger partial charge in [0, 0.05) is 27.1 Å². The van der Waals surface area contributed by atoms with Gasteiger partial charge in [-0.25, -0.2) is 4.98 Å². The fourth-order valence-electron chi connectivity index (χ4n) is 5.45. The Morgan fingerprint density at radius 3 is 2.37 bits per heavy atom. The largest absolute Gasteiger partial charge is 0.493 e. The molecule has 0 fully saturated rings. The van der Waals surface area contributed by atoms with Crippen LogP contribution in [0.4, 0.5) is 10.8 Å². The lowest BCUT2D eigenvalue weighted by atomic mass is 10.0. The second-order valence-electron chi connectivity index (χ2n) is 11.5. The van der Waals surface area contributed by atoms with Gasteiger partial charge in [-0.1, -0.05) is 73.7 Å². The van der Waals surface area contributed by atoms with E-state index in [4.69, 9.17) is 9.47 Å². The number of aromatic nitrogens is 1. The van der Waals surface area contributed by atoms with Crippen LogP contribution in [0.2, 0.25) is 0 Å². The molecule has 11 heteroatoms. The summed E-state index contributed by atoms with van der Waals surface area (Å²) in [7, 11) is 3.16. The maximum Gasteiger partial charge on any atom is 0.272 e. The summed E-state index contributed by atoms with van der Waals surface area (Å²) in [4.78, 5) is 45.8. The highest BCUT2D eigenvalue weighted by Gasteiger charge is 2.21. The van der Waals surface area contributed by atoms with Gasteiger partial charge >= 0.3 is 0 Å². The number of benzene rings is 5. The number of hydrogen-bond donors (Lipinski definition) is 3. The number of nitrogens with zero attached hydrogens (tertiary/aromatic N) is 1. The number of methoxy groups -OCH3 is 2. The van der Waals surface area contributed by atoms with Gasteiger partial charge in [0.25, 0.3) is 11.8 Å². The smallest absolute Gasteiger partial charge is 0.272 e. The molecule has 3 amide bonds. The van der Waals surface area contributed by atoms with Crippen molar-refractivity contribution >= 4 is 68.5 Å². The van der Waals surface area contributed by atoms with Gasteiger partial charge in [0.05, 0.1) is 25.2 Å². The summed E-state index contributed by atoms with van der Waals surface area (Å²) >= 11 is 2.73. The number of carbonyl (C=O) groups is 3. The molecule has 0 spiro atoms. The van der Waals surface area contributed by atoms with Gasteiger partial charge in [-0.2, -0.15) is 0 Å². The van der Waals surface area contributed by atoms with Crippen LogP contribution in [0.5, 0.6) is 11.5 Å². The first-order chi connectivity index (χ1) is 25.3. The lowest BCUT2D eigenvalue weighted by Crippen LogP contribution is -2.30. The molecule has 0 bridgehead atoms. The number of carbonyl (C=O) groups excluding carboxylic acids is 3. The van der Waals surface area contributed by atoms with Gasteiger partial charge in [0.15, 0.2) is 16.6 Å². The first kappa shape index (κ1) is 35.9. The van der Waals surface area contributed by atoms with E-state index in [1.54, 1.807) is 50.6 Å². The van der Waals surface area contributed by atoms with Crippen LogP contribution in [0.25, 0.3) is 28.1 Å². The number of thiazole rings is 1. The van der Waals surface area contributed by atoms with E-state index in [1.165, 1.54) is 23.1 Å². The molecular weight excluding hydrogens is 693 g/mol. The Labute approximate surface area is 310 Å². The normalized spacial score (nSPS) is 11.8. The Kier molecular flexibility index (Phi) is 11.6. The SMILES string of the molecule is CCC(Sc1cccc(NC(=O)/C(=C\c2cccc3ccccc23)NC(=O)c2ccccc2)c1)C(=O)Nc1nc(-c2ccc(OC)c(OC)c2)cs1. The number of ether oxygens (including phenoxy) is 2. The molecule has 6 aromatic rings. The van der Waals surface area contributed by atoms with E-state index in [1.807, 2.05) is 97.2 Å². The summed E-state index contributed by atoms with van der Waals surface area (Å²) in [5, 5.41) is 12.6. The topological polar surface area (TPSA) is 119 Å². The maximum absolute atomic E-state index is 13.8. The number of hydrogen-bond acceptors (Lipinski definition) is 8. The van der Waals surface area contributed by atoms with Crippen molar-refractivity contribution < 1.29 is 23.9 Å². The minimum Gasteiger partial charge on any atom is -0.493 e. The molecule has 1 unspecified atom stereocenters. The molecule has 1 aromatic heterocycles. The second kappa shape index (κ2) is 16.9. The van der Waals surface area contributed by atoms with Crippen LogP contribution in [-0.2, 0) is 9.59 Å². The lowest BCUT2D eigenvalue weighted by molar-refractivity contribution is -0.116. The second-order valence-corrected chi connectivity index (χ2v) is 13.7. The standard InChI is InChI=1S/C41H36N4O5S2/c1-4-37(40(48)45-41-44-34(25-51-41)29-20-21-35(49-2)36(23-29)50-3)52-31-18-11-17-30(24-31)42-39(47)33(43-38(46)27-13-6-5-7-14-27)22-28-16-10-15-26-12-8-9-19-32(26)28/h5-25,37H,4H2,1-3H3,(H,42,47)(H,43,46)(H,44,45,48)/b33-22+. The van der Waals surface area contributed by atoms with E-state index in [0.29, 0.717) is 40.0 Å². The Morgan fingerprint density at radius 1 is 0.827 bits per heavy atom. The van der Waals surface area contributed by atoms with Crippen LogP contribution in [-0.4, -0.2) is 42.2 Å². The molecule has 0 saturated heterocycles. The third kappa shape index (κ3) is 8.68. The maximum atomic E-state index is 13.8. The van der Waals surface area contributed by atoms with E-state index in [-0.39, 0.29) is 11.6 Å². The van der Waals surface area contributed by atoms with E-state index in [2.05, 4.69) is 20.9 Å². The lowest BCUT2D eigenvalue weighted by Gasteiger charge is -2.15. The van der Waals surface area contributed by atoms with E-state index < -0.39 is 17.1 Å². The number of fused-ring (bicyclic) bond motifs is 1. The molecule has 262 valence electrons. The van der Waals surface area contributed by atoms with Crippen molar-refractivity contribution in [2.45, 2.75) is 23.5 Å². The van der Waals surface area contributed by atoms with Crippen molar-refractivity contribution in [1.82, 2.24) is 10.3 Å². The molecule has 52 heavy (non-hydrogen) atoms. The summed E-state index contributed by atoms with van der Waals surface area (Å²) in [6.45, 7) is 1.94. The first-order valence-electron chi connectivity index (χ1n) is 16.5. The van der Waals surface area contributed by atoms with Crippen molar-refractivity contribution in [3.63, 3.8) is 0 Å². The van der Waals surface area contributed by atoms with Crippen LogP contribution in [0.3, 0.4) is 0 Å². The third-order valence-corrected chi connectivity index (χ3v) is 10.2. The molecule has 0 saturated carbocycles. The van der Waals surface area contributed by atoms with Crippen molar-refractivity contribution in [3.05, 3.63) is 137 Å². The number of nitrogens with one attached hydrogen (secondary N) is 3. The molecule has 0 aliphatic rings. The van der Waals surface area contributed by atoms with Crippen molar-refractivity contribution in [1.29, 1.82) is 0 Å². The van der Waals surface area contributed by atoms with Gasteiger partial charge < -0.3 is 25.4 Å². The molecule has 0 aliphatic heterocycles. The van der Waals surface area contributed by atoms with Crippen molar-refractivity contribution in [3.8, 4) is 22.8 Å². The van der Waals surface area contributed by atoms with Gasteiger partial charge in [-0.3, -0.25) is 14.4 Å². The fraction of sp³-hybridized carbons (Fsp3) is 0.122. The van der Waals surface area contributed by atoms with Crippen LogP contribution in [0, 0.1) is 0 Å². The minimum atomic E-state index is -0.488. The van der Waals surface area contributed by atoms with Gasteiger partial charge in [0.2, 0.25) is 5.91 Å². The highest BCUT2D eigenvalue weighted by Crippen LogP contribution is 2.34. The van der Waals surface area contributed by atoms with Crippen molar-refractivity contribution in [2.24, 2.45) is 0 Å². The Morgan fingerprint density at radius 2 is 1.58 bits per heavy atom. The third-order valence-electron chi connectivity index (χ3n) is 8.10. The highest BCUT2D eigenvalue weighted by atomic mass is 32.2. The molecule has 5 aromatic carbocycles. The van der Waals surface area contributed by atoms with Gasteiger partial charge in [-0.15, -0.1) is 23.1 Å². The van der Waals surface area contributed by atoms with E-state index in [9.17, 15) is 14.4 Å². The molecule has 1 atom stereocenters. The number of amides is 3. The summed E-state index contributed by atoms with van der Waals surface area (Å²) in [6, 6.07) is 35.2. The van der Waals surface area contributed by atoms with E-state index in [0.717, 1.165) is 26.8 Å². The highest BCUT2D eigenvalue weighted by molar-refractivity contribution is 8.00. The monoisotopic (exact) mass is 728 g/mol. The minimum absolute atomic E-state index is 0.0879. The fourth-order valence-corrected chi connectivity index (χ4v) is 7.19. The van der Waals surface area contributed by atoms with Crippen LogP contribution < -0.4 is 25.4 Å². The number of thioether (sulfide) groups is 1. The predicted octanol–water partition coefficient (Wildman–Crippen LogP) is 8.90. The van der Waals surface area contributed by atoms with Crippen LogP contribution in [0.15, 0.2) is 131 Å². The molecular formula is C41H36N4O5S2. The molecule has 6 rings (SSSR count). The Bertz CT molecular complexity index is 2250. The zero-order valence-corrected chi connectivity index (χ0v) is 30.3. The van der Waals surface area contributed by atoms with Gasteiger partial charge in [-0.05, 0) is 77.4 Å². The van der Waals surface area contributed by atoms with E-state index >= 15 is 0 Å². The summed E-state index contributed by atoms with van der Waals surface area (Å²) < 4.78 is 10.8. The average molecular weight is 729 g/mol. The zero-order valence-electron chi connectivity index (χ0n) is 28.7. The molecule has 0 aliphatic carbocycles. The quantitative estimate of drug-likeness (QED) is 0.0803. The Balaban J connectivity index is 1.17. The van der Waals surface area contributed by atoms with Crippen molar-refractivity contribution in [2.75, 3.05) is 24.9 Å². The molecule has 3 N–H and O–H groups in total. The molecule has 9 nitrogen and oxygen atoms in total. The predicted molar refractivity (Wildman–Crippen MR) is 210 cm³/mol. The van der Waals surface area contributed by atoms with Gasteiger partial charge in [0.1, 0.15) is 5.70 Å². The zero-order chi connectivity index (χ0) is 36.5. The number of rotatable bonds is 13. The first-order valence-corrected chi connectivity index (χ1v) is 18.2. The average Bonchev–Trinajstić information content (AvgIpc) is 3.65. The number of anilines is 2. The summed E-state index contributed by atoms with van der Waals surface area (Å²) in [5.74, 6) is 0.138. The molecule has 1 heterocycles. The summed E-state index contributed by atoms with van der Waals surface area (Å²) in [6.07, 6.45) is 2.24. The van der Waals surface area contributed by atoms with Crippen LogP contribution >= 0.6 is 23.1 Å². The Hall–Kier alpha value is -5.91. The summed E-state index contributed by atoms with van der Waals surface area (Å²) in [5.41, 5.74) is 3.36.